The normalized spacial score (nSPS) is 14.2. The van der Waals surface area contributed by atoms with Gasteiger partial charge in [0.1, 0.15) is 12.7 Å². The number of nitrogens with one attached hydrogen (secondary N) is 1. The second-order valence-corrected chi connectivity index (χ2v) is 3.68. The van der Waals surface area contributed by atoms with E-state index in [0.29, 0.717) is 18.8 Å². The van der Waals surface area contributed by atoms with Crippen molar-refractivity contribution < 1.29 is 93.2 Å². The minimum absolute atomic E-state index is 0. The Balaban J connectivity index is -0.000000284. The van der Waals surface area contributed by atoms with Crippen LogP contribution in [-0.4, -0.2) is 50.3 Å². The van der Waals surface area contributed by atoms with Crippen molar-refractivity contribution in [3.8, 4) is 0 Å². The SMILES string of the molecule is C=C(C)C(=O)OCC1CO1.O=C([O-])CNCC(=O)[O-].[Na+].[Na+]. The Labute approximate surface area is 166 Å². The van der Waals surface area contributed by atoms with E-state index >= 15 is 0 Å². The van der Waals surface area contributed by atoms with Crippen LogP contribution >= 0.6 is 0 Å². The van der Waals surface area contributed by atoms with E-state index in [1.807, 2.05) is 0 Å². The summed E-state index contributed by atoms with van der Waals surface area (Å²) in [5.41, 5.74) is 0.431. The number of carboxylic acids is 2. The number of epoxide rings is 1. The molecule has 8 nitrogen and oxygen atoms in total. The topological polar surface area (TPSA) is 131 Å². The minimum Gasteiger partial charge on any atom is -0.549 e. The monoisotopic (exact) mass is 319 g/mol. The van der Waals surface area contributed by atoms with E-state index < -0.39 is 25.0 Å². The number of carboxylic acid groups (broad SMARTS) is 2. The predicted octanol–water partition coefficient (Wildman–Crippen LogP) is -9.41. The number of ether oxygens (including phenoxy) is 2. The quantitative estimate of drug-likeness (QED) is 0.212. The molecule has 1 N–H and O–H groups in total. The van der Waals surface area contributed by atoms with Crippen molar-refractivity contribution in [2.75, 3.05) is 26.3 Å². The molecule has 1 rings (SSSR count). The summed E-state index contributed by atoms with van der Waals surface area (Å²) in [6.45, 7) is 5.21. The average molecular weight is 319 g/mol. The Hall–Kier alpha value is 0.0700. The summed E-state index contributed by atoms with van der Waals surface area (Å²) < 4.78 is 9.60. The zero-order chi connectivity index (χ0) is 14.8. The predicted molar refractivity (Wildman–Crippen MR) is 58.4 cm³/mol. The molecule has 1 fully saturated rings. The first-order valence-electron chi connectivity index (χ1n) is 5.37. The van der Waals surface area contributed by atoms with Crippen LogP contribution in [0.25, 0.3) is 0 Å². The van der Waals surface area contributed by atoms with Gasteiger partial charge in [0, 0.05) is 18.7 Å². The fourth-order valence-electron chi connectivity index (χ4n) is 0.723. The summed E-state index contributed by atoms with van der Waals surface area (Å²) >= 11 is 0. The van der Waals surface area contributed by atoms with Crippen LogP contribution in [0.1, 0.15) is 6.92 Å². The molecule has 0 amide bonds. The second-order valence-electron chi connectivity index (χ2n) is 3.68. The summed E-state index contributed by atoms with van der Waals surface area (Å²) in [6.07, 6.45) is 0.142. The van der Waals surface area contributed by atoms with E-state index in [1.165, 1.54) is 0 Å². The van der Waals surface area contributed by atoms with E-state index in [2.05, 4.69) is 11.9 Å². The van der Waals surface area contributed by atoms with Gasteiger partial charge >= 0.3 is 65.1 Å². The zero-order valence-electron chi connectivity index (χ0n) is 12.5. The van der Waals surface area contributed by atoms with Crippen LogP contribution in [0, 0.1) is 0 Å². The average Bonchev–Trinajstić information content (AvgIpc) is 3.09. The summed E-state index contributed by atoms with van der Waals surface area (Å²) in [5, 5.41) is 21.2. The van der Waals surface area contributed by atoms with Crippen LogP contribution in [-0.2, 0) is 23.9 Å². The molecule has 108 valence electrons. The van der Waals surface area contributed by atoms with Crippen molar-refractivity contribution in [2.24, 2.45) is 0 Å². The van der Waals surface area contributed by atoms with Crippen LogP contribution in [0.2, 0.25) is 0 Å². The molecule has 0 aromatic carbocycles. The fraction of sp³-hybridized carbons (Fsp3) is 0.545. The molecule has 0 saturated carbocycles. The van der Waals surface area contributed by atoms with Gasteiger partial charge in [-0.15, -0.1) is 0 Å². The Bertz CT molecular complexity index is 344. The molecule has 0 aliphatic carbocycles. The van der Waals surface area contributed by atoms with Crippen molar-refractivity contribution in [1.82, 2.24) is 5.32 Å². The van der Waals surface area contributed by atoms with E-state index in [1.54, 1.807) is 6.92 Å². The van der Waals surface area contributed by atoms with E-state index in [4.69, 9.17) is 9.47 Å². The number of hydrogen-bond donors (Lipinski definition) is 1. The first-order chi connectivity index (χ1) is 8.82. The molecule has 0 aromatic heterocycles. The number of esters is 1. The van der Waals surface area contributed by atoms with Crippen molar-refractivity contribution in [3.05, 3.63) is 12.2 Å². The maximum Gasteiger partial charge on any atom is 1.00 e. The Kier molecular flexibility index (Phi) is 18.5. The molecule has 0 aromatic rings. The molecule has 1 atom stereocenters. The van der Waals surface area contributed by atoms with Gasteiger partial charge in [0.25, 0.3) is 0 Å². The molecule has 1 saturated heterocycles. The number of carbonyl (C=O) groups excluding carboxylic acids is 3. The molecular weight excluding hydrogens is 304 g/mol. The van der Waals surface area contributed by atoms with Gasteiger partial charge in [-0.05, 0) is 6.92 Å². The van der Waals surface area contributed by atoms with Gasteiger partial charge in [0.2, 0.25) is 0 Å². The first kappa shape index (κ1) is 26.0. The molecule has 1 aliphatic heterocycles. The molecule has 21 heavy (non-hydrogen) atoms. The molecule has 0 radical (unpaired) electrons. The smallest absolute Gasteiger partial charge is 0.549 e. The van der Waals surface area contributed by atoms with E-state index in [-0.39, 0.29) is 71.2 Å². The van der Waals surface area contributed by atoms with Crippen LogP contribution in [0.4, 0.5) is 0 Å². The van der Waals surface area contributed by atoms with Gasteiger partial charge in [-0.1, -0.05) is 6.58 Å². The van der Waals surface area contributed by atoms with Gasteiger partial charge in [0.15, 0.2) is 0 Å². The molecule has 1 unspecified atom stereocenters. The number of carbonyl (C=O) groups is 3. The van der Waals surface area contributed by atoms with Gasteiger partial charge < -0.3 is 34.6 Å². The fourth-order valence-corrected chi connectivity index (χ4v) is 0.723. The zero-order valence-corrected chi connectivity index (χ0v) is 16.5. The maximum atomic E-state index is 10.7. The van der Waals surface area contributed by atoms with E-state index in [9.17, 15) is 24.6 Å². The molecule has 0 spiro atoms. The van der Waals surface area contributed by atoms with Crippen molar-refractivity contribution in [1.29, 1.82) is 0 Å². The van der Waals surface area contributed by atoms with E-state index in [0.717, 1.165) is 0 Å². The third kappa shape index (κ3) is 20.1. The largest absolute Gasteiger partial charge is 1.00 e. The standard InChI is InChI=1S/C7H10O3.C4H7NO4.2Na/c1-5(2)7(8)10-4-6-3-9-6;6-3(7)1-5-2-4(8)9;;/h6H,1,3-4H2,2H3;5H,1-2H2,(H,6,7)(H,8,9);;/q;;2*+1/p-2. The number of aliphatic carboxylic acids is 2. The molecule has 10 heteroatoms. The van der Waals surface area contributed by atoms with Gasteiger partial charge in [-0.3, -0.25) is 0 Å². The van der Waals surface area contributed by atoms with Crippen LogP contribution in [0.15, 0.2) is 12.2 Å². The second kappa shape index (κ2) is 15.0. The summed E-state index contributed by atoms with van der Waals surface area (Å²) in [4.78, 5) is 29.9. The first-order valence-corrected chi connectivity index (χ1v) is 5.37. The summed E-state index contributed by atoms with van der Waals surface area (Å²) in [7, 11) is 0. The summed E-state index contributed by atoms with van der Waals surface area (Å²) in [5.74, 6) is -3.01. The van der Waals surface area contributed by atoms with Gasteiger partial charge in [-0.25, -0.2) is 4.79 Å². The third-order valence-electron chi connectivity index (χ3n) is 1.69. The molecule has 1 heterocycles. The summed E-state index contributed by atoms with van der Waals surface area (Å²) in [6, 6.07) is 0. The van der Waals surface area contributed by atoms with Crippen molar-refractivity contribution >= 4 is 17.9 Å². The maximum absolute atomic E-state index is 10.7. The molecule has 1 aliphatic rings. The van der Waals surface area contributed by atoms with Crippen molar-refractivity contribution in [3.63, 3.8) is 0 Å². The third-order valence-corrected chi connectivity index (χ3v) is 1.69. The van der Waals surface area contributed by atoms with Crippen molar-refractivity contribution in [2.45, 2.75) is 13.0 Å². The van der Waals surface area contributed by atoms with Crippen LogP contribution in [0.5, 0.6) is 0 Å². The van der Waals surface area contributed by atoms with Gasteiger partial charge in [0.05, 0.1) is 18.5 Å². The Morgan fingerprint density at radius 3 is 1.95 bits per heavy atom. The Morgan fingerprint density at radius 1 is 1.24 bits per heavy atom. The molecule has 0 bridgehead atoms. The molecular formula is C11H15NNa2O7. The Morgan fingerprint density at radius 2 is 1.67 bits per heavy atom. The van der Waals surface area contributed by atoms with Crippen LogP contribution < -0.4 is 74.6 Å². The van der Waals surface area contributed by atoms with Crippen LogP contribution in [0.3, 0.4) is 0 Å². The number of hydrogen-bond acceptors (Lipinski definition) is 8. The van der Waals surface area contributed by atoms with Gasteiger partial charge in [-0.2, -0.15) is 0 Å². The number of rotatable bonds is 7. The minimum atomic E-state index is -1.34.